The first kappa shape index (κ1) is 12.1. The molecule has 2 heterocycles. The van der Waals surface area contributed by atoms with Gasteiger partial charge in [0.05, 0.1) is 17.7 Å². The second-order valence-electron chi connectivity index (χ2n) is 3.23. The third kappa shape index (κ3) is 2.48. The standard InChI is InChI=1S/C8H8N6O3S/c1-9-7-12-11-6(18-7)4-13-3-5(14(16)17)2-10-8(13)15/h2-3H,4H2,1H3,(H,9,12). The molecule has 0 bridgehead atoms. The first-order chi connectivity index (χ1) is 8.60. The van der Waals surface area contributed by atoms with Crippen LogP contribution in [0.1, 0.15) is 5.01 Å². The molecule has 0 amide bonds. The van der Waals surface area contributed by atoms with Crippen molar-refractivity contribution < 1.29 is 4.92 Å². The number of rotatable bonds is 4. The molecule has 18 heavy (non-hydrogen) atoms. The Morgan fingerprint density at radius 2 is 2.33 bits per heavy atom. The summed E-state index contributed by atoms with van der Waals surface area (Å²) in [5.41, 5.74) is -0.810. The molecule has 2 aromatic rings. The van der Waals surface area contributed by atoms with E-state index in [1.54, 1.807) is 7.05 Å². The first-order valence-corrected chi connectivity index (χ1v) is 5.63. The van der Waals surface area contributed by atoms with Crippen molar-refractivity contribution >= 4 is 22.2 Å². The molecule has 1 N–H and O–H groups in total. The number of hydrogen-bond donors (Lipinski definition) is 1. The Balaban J connectivity index is 2.30. The van der Waals surface area contributed by atoms with E-state index in [0.717, 1.165) is 17.0 Å². The van der Waals surface area contributed by atoms with Crippen molar-refractivity contribution in [2.45, 2.75) is 6.54 Å². The summed E-state index contributed by atoms with van der Waals surface area (Å²) in [5, 5.41) is 22.2. The number of hydrogen-bond acceptors (Lipinski definition) is 8. The molecule has 10 heteroatoms. The Hall–Kier alpha value is -2.36. The van der Waals surface area contributed by atoms with Gasteiger partial charge in [0.15, 0.2) is 0 Å². The minimum Gasteiger partial charge on any atom is -0.363 e. The van der Waals surface area contributed by atoms with Crippen molar-refractivity contribution in [2.24, 2.45) is 0 Å². The first-order valence-electron chi connectivity index (χ1n) is 4.81. The van der Waals surface area contributed by atoms with Gasteiger partial charge in [-0.25, -0.2) is 4.79 Å². The highest BCUT2D eigenvalue weighted by molar-refractivity contribution is 7.15. The highest BCUT2D eigenvalue weighted by atomic mass is 32.1. The molecule has 2 aromatic heterocycles. The Kier molecular flexibility index (Phi) is 3.28. The summed E-state index contributed by atoms with van der Waals surface area (Å²) in [6, 6.07) is 0. The normalized spacial score (nSPS) is 10.3. The van der Waals surface area contributed by atoms with E-state index in [4.69, 9.17) is 0 Å². The van der Waals surface area contributed by atoms with E-state index in [1.165, 1.54) is 11.3 Å². The van der Waals surface area contributed by atoms with Crippen LogP contribution in [0.4, 0.5) is 10.8 Å². The molecule has 0 unspecified atom stereocenters. The molecule has 0 radical (unpaired) electrons. The molecule has 0 fully saturated rings. The summed E-state index contributed by atoms with van der Waals surface area (Å²) >= 11 is 1.26. The highest BCUT2D eigenvalue weighted by Gasteiger charge is 2.11. The lowest BCUT2D eigenvalue weighted by molar-refractivity contribution is -0.385. The summed E-state index contributed by atoms with van der Waals surface area (Å²) in [4.78, 5) is 24.8. The minimum absolute atomic E-state index is 0.104. The zero-order chi connectivity index (χ0) is 13.1. The third-order valence-corrected chi connectivity index (χ3v) is 2.96. The second kappa shape index (κ2) is 4.87. The summed E-state index contributed by atoms with van der Waals surface area (Å²) in [7, 11) is 1.70. The zero-order valence-corrected chi connectivity index (χ0v) is 10.0. The third-order valence-electron chi connectivity index (χ3n) is 2.04. The maximum Gasteiger partial charge on any atom is 0.348 e. The highest BCUT2D eigenvalue weighted by Crippen LogP contribution is 2.15. The maximum absolute atomic E-state index is 11.4. The number of nitrogens with zero attached hydrogens (tertiary/aromatic N) is 5. The average Bonchev–Trinajstić information content (AvgIpc) is 2.79. The molecule has 0 saturated heterocycles. The van der Waals surface area contributed by atoms with E-state index in [1.807, 2.05) is 0 Å². The molecular formula is C8H8N6O3S. The molecule has 9 nitrogen and oxygen atoms in total. The van der Waals surface area contributed by atoms with E-state index in [9.17, 15) is 14.9 Å². The molecule has 0 aliphatic rings. The quantitative estimate of drug-likeness (QED) is 0.617. The Morgan fingerprint density at radius 1 is 1.56 bits per heavy atom. The van der Waals surface area contributed by atoms with Gasteiger partial charge in [0, 0.05) is 7.05 Å². The molecule has 2 rings (SSSR count). The van der Waals surface area contributed by atoms with Crippen LogP contribution in [-0.2, 0) is 6.54 Å². The fourth-order valence-electron chi connectivity index (χ4n) is 1.22. The topological polar surface area (TPSA) is 116 Å². The van der Waals surface area contributed by atoms with Crippen LogP contribution in [0, 0.1) is 10.1 Å². The molecule has 0 aliphatic carbocycles. The number of nitro groups is 1. The Morgan fingerprint density at radius 3 is 2.94 bits per heavy atom. The average molecular weight is 268 g/mol. The molecule has 94 valence electrons. The van der Waals surface area contributed by atoms with E-state index in [0.29, 0.717) is 10.1 Å². The van der Waals surface area contributed by atoms with Gasteiger partial charge in [0.25, 0.3) is 0 Å². The molecule has 0 aromatic carbocycles. The van der Waals surface area contributed by atoms with Crippen LogP contribution in [0.5, 0.6) is 0 Å². The minimum atomic E-state index is -0.609. The van der Waals surface area contributed by atoms with Crippen molar-refractivity contribution in [3.8, 4) is 0 Å². The van der Waals surface area contributed by atoms with Crippen LogP contribution < -0.4 is 11.0 Å². The summed E-state index contributed by atoms with van der Waals surface area (Å²) < 4.78 is 1.12. The smallest absolute Gasteiger partial charge is 0.348 e. The fourth-order valence-corrected chi connectivity index (χ4v) is 1.91. The van der Waals surface area contributed by atoms with Crippen LogP contribution in [0.25, 0.3) is 0 Å². The van der Waals surface area contributed by atoms with Gasteiger partial charge in [-0.2, -0.15) is 4.98 Å². The predicted octanol–water partition coefficient (Wildman–Crippen LogP) is 0.0930. The lowest BCUT2D eigenvalue weighted by Gasteiger charge is -2.00. The monoisotopic (exact) mass is 268 g/mol. The lowest BCUT2D eigenvalue weighted by Crippen LogP contribution is -2.22. The second-order valence-corrected chi connectivity index (χ2v) is 4.29. The largest absolute Gasteiger partial charge is 0.363 e. The van der Waals surface area contributed by atoms with Crippen LogP contribution >= 0.6 is 11.3 Å². The Labute approximate surface area is 104 Å². The van der Waals surface area contributed by atoms with Gasteiger partial charge in [-0.15, -0.1) is 10.2 Å². The van der Waals surface area contributed by atoms with Gasteiger partial charge in [-0.1, -0.05) is 11.3 Å². The summed E-state index contributed by atoms with van der Waals surface area (Å²) in [5.74, 6) is 0. The van der Waals surface area contributed by atoms with Gasteiger partial charge < -0.3 is 5.32 Å². The number of aromatic nitrogens is 4. The number of nitrogens with one attached hydrogen (secondary N) is 1. The van der Waals surface area contributed by atoms with Gasteiger partial charge in [-0.05, 0) is 0 Å². The van der Waals surface area contributed by atoms with Crippen molar-refractivity contribution in [1.82, 2.24) is 19.7 Å². The van der Waals surface area contributed by atoms with E-state index < -0.39 is 10.6 Å². The Bertz CT molecular complexity index is 636. The molecule has 0 spiro atoms. The van der Waals surface area contributed by atoms with E-state index in [2.05, 4.69) is 20.5 Å². The van der Waals surface area contributed by atoms with Gasteiger partial charge in [-0.3, -0.25) is 14.7 Å². The SMILES string of the molecule is CNc1nnc(Cn2cc([N+](=O)[O-])cnc2=O)s1. The predicted molar refractivity (Wildman–Crippen MR) is 63.7 cm³/mol. The van der Waals surface area contributed by atoms with Crippen LogP contribution in [0.3, 0.4) is 0 Å². The van der Waals surface area contributed by atoms with Crippen LogP contribution in [0.2, 0.25) is 0 Å². The van der Waals surface area contributed by atoms with Gasteiger partial charge >= 0.3 is 11.4 Å². The molecule has 0 aliphatic heterocycles. The molecule has 0 saturated carbocycles. The van der Waals surface area contributed by atoms with Crippen LogP contribution in [-0.4, -0.2) is 31.7 Å². The van der Waals surface area contributed by atoms with E-state index >= 15 is 0 Å². The molecule has 0 atom stereocenters. The van der Waals surface area contributed by atoms with Gasteiger partial charge in [0.2, 0.25) is 5.13 Å². The van der Waals surface area contributed by atoms with Crippen molar-refractivity contribution in [3.63, 3.8) is 0 Å². The van der Waals surface area contributed by atoms with Crippen molar-refractivity contribution in [1.29, 1.82) is 0 Å². The lowest BCUT2D eigenvalue weighted by atomic mass is 10.5. The van der Waals surface area contributed by atoms with Crippen molar-refractivity contribution in [3.05, 3.63) is 38.0 Å². The fraction of sp³-hybridized carbons (Fsp3) is 0.250. The van der Waals surface area contributed by atoms with E-state index in [-0.39, 0.29) is 12.2 Å². The van der Waals surface area contributed by atoms with Crippen LogP contribution in [0.15, 0.2) is 17.2 Å². The maximum atomic E-state index is 11.4. The summed E-state index contributed by atoms with van der Waals surface area (Å²) in [6.07, 6.45) is 2.06. The van der Waals surface area contributed by atoms with Gasteiger partial charge in [0.1, 0.15) is 11.2 Å². The zero-order valence-electron chi connectivity index (χ0n) is 9.23. The van der Waals surface area contributed by atoms with Crippen molar-refractivity contribution in [2.75, 3.05) is 12.4 Å². The molecular weight excluding hydrogens is 260 g/mol. The summed E-state index contributed by atoms with van der Waals surface area (Å²) in [6.45, 7) is 0.104. The number of anilines is 1.